The summed E-state index contributed by atoms with van der Waals surface area (Å²) in [5.74, 6) is 0.0283. The number of alkyl halides is 2. The summed E-state index contributed by atoms with van der Waals surface area (Å²) in [7, 11) is 0. The van der Waals surface area contributed by atoms with Crippen LogP contribution in [0.1, 0.15) is 16.1 Å². The van der Waals surface area contributed by atoms with Gasteiger partial charge in [0.05, 0.1) is 5.69 Å². The lowest BCUT2D eigenvalue weighted by atomic mass is 10.2. The van der Waals surface area contributed by atoms with Crippen LogP contribution in [0, 0.1) is 6.92 Å². The molecular weight excluding hydrogens is 346 g/mol. The number of aromatic nitrogens is 1. The van der Waals surface area contributed by atoms with E-state index in [4.69, 9.17) is 0 Å². The number of hydrogen-bond donors (Lipinski definition) is 1. The van der Waals surface area contributed by atoms with Gasteiger partial charge >= 0.3 is 6.61 Å². The number of nitrogens with one attached hydrogen (secondary N) is 1. The number of carbonyl (C=O) groups excluding carboxylic acids is 1. The van der Waals surface area contributed by atoms with E-state index in [1.165, 1.54) is 24.3 Å². The van der Waals surface area contributed by atoms with Gasteiger partial charge < -0.3 is 10.1 Å². The molecule has 4 nitrogen and oxygen atoms in total. The average Bonchev–Trinajstić information content (AvgIpc) is 2.43. The van der Waals surface area contributed by atoms with Gasteiger partial charge in [-0.1, -0.05) is 0 Å². The maximum absolute atomic E-state index is 12.0. The molecule has 1 aromatic heterocycles. The van der Waals surface area contributed by atoms with Gasteiger partial charge in [-0.25, -0.2) is 4.98 Å². The van der Waals surface area contributed by atoms with Crippen molar-refractivity contribution >= 4 is 27.7 Å². The molecule has 0 saturated heterocycles. The average molecular weight is 357 g/mol. The zero-order valence-corrected chi connectivity index (χ0v) is 12.5. The highest BCUT2D eigenvalue weighted by Gasteiger charge is 2.09. The highest BCUT2D eigenvalue weighted by molar-refractivity contribution is 9.10. The quantitative estimate of drug-likeness (QED) is 0.900. The van der Waals surface area contributed by atoms with Gasteiger partial charge in [0.2, 0.25) is 0 Å². The fourth-order valence-electron chi connectivity index (χ4n) is 1.59. The van der Waals surface area contributed by atoms with E-state index < -0.39 is 6.61 Å². The standard InChI is InChI=1S/C14H11BrF2N2O2/c1-8-11(15)6-7-12(18-8)19-13(20)9-2-4-10(5-3-9)21-14(16)17/h2-7,14H,1H3,(H,18,19,20). The maximum atomic E-state index is 12.0. The Balaban J connectivity index is 2.07. The summed E-state index contributed by atoms with van der Waals surface area (Å²) in [6.45, 7) is -1.09. The van der Waals surface area contributed by atoms with Gasteiger partial charge in [0.25, 0.3) is 5.91 Å². The molecule has 1 aromatic carbocycles. The third-order valence-corrected chi connectivity index (χ3v) is 3.44. The van der Waals surface area contributed by atoms with E-state index in [0.717, 1.165) is 10.2 Å². The summed E-state index contributed by atoms with van der Waals surface area (Å²) in [5.41, 5.74) is 1.06. The Kier molecular flexibility index (Phi) is 4.85. The first kappa shape index (κ1) is 15.4. The van der Waals surface area contributed by atoms with E-state index in [-0.39, 0.29) is 11.7 Å². The van der Waals surface area contributed by atoms with Gasteiger partial charge in [0.1, 0.15) is 11.6 Å². The molecule has 0 atom stereocenters. The fourth-order valence-corrected chi connectivity index (χ4v) is 1.81. The van der Waals surface area contributed by atoms with Crippen molar-refractivity contribution in [3.63, 3.8) is 0 Å². The van der Waals surface area contributed by atoms with Crippen molar-refractivity contribution in [3.05, 3.63) is 52.1 Å². The largest absolute Gasteiger partial charge is 0.435 e. The lowest BCUT2D eigenvalue weighted by Gasteiger charge is -2.07. The van der Waals surface area contributed by atoms with Gasteiger partial charge in [-0.15, -0.1) is 0 Å². The summed E-state index contributed by atoms with van der Waals surface area (Å²) >= 11 is 3.32. The minimum absolute atomic E-state index is 0.000777. The van der Waals surface area contributed by atoms with E-state index >= 15 is 0 Å². The molecule has 1 heterocycles. The summed E-state index contributed by atoms with van der Waals surface area (Å²) < 4.78 is 29.1. The van der Waals surface area contributed by atoms with Crippen LogP contribution < -0.4 is 10.1 Å². The molecule has 0 aliphatic rings. The Bertz CT molecular complexity index is 648. The van der Waals surface area contributed by atoms with E-state index in [9.17, 15) is 13.6 Å². The second kappa shape index (κ2) is 6.62. The van der Waals surface area contributed by atoms with Gasteiger partial charge in [-0.2, -0.15) is 8.78 Å². The van der Waals surface area contributed by atoms with Crippen LogP contribution in [-0.2, 0) is 0 Å². The number of carbonyl (C=O) groups is 1. The third kappa shape index (κ3) is 4.22. The topological polar surface area (TPSA) is 51.2 Å². The van der Waals surface area contributed by atoms with E-state index in [1.807, 2.05) is 0 Å². The highest BCUT2D eigenvalue weighted by Crippen LogP contribution is 2.18. The van der Waals surface area contributed by atoms with Crippen LogP contribution in [0.3, 0.4) is 0 Å². The summed E-state index contributed by atoms with van der Waals surface area (Å²) in [5, 5.41) is 2.63. The number of pyridine rings is 1. The summed E-state index contributed by atoms with van der Waals surface area (Å²) in [6.07, 6.45) is 0. The number of hydrogen-bond acceptors (Lipinski definition) is 3. The second-order valence-corrected chi connectivity index (χ2v) is 4.98. The zero-order valence-electron chi connectivity index (χ0n) is 10.9. The summed E-state index contributed by atoms with van der Waals surface area (Å²) in [6, 6.07) is 8.85. The Hall–Kier alpha value is -2.02. The van der Waals surface area contributed by atoms with E-state index in [1.54, 1.807) is 19.1 Å². The van der Waals surface area contributed by atoms with Gasteiger partial charge in [0, 0.05) is 10.0 Å². The predicted octanol–water partition coefficient (Wildman–Crippen LogP) is 4.01. The molecule has 0 aliphatic carbocycles. The smallest absolute Gasteiger partial charge is 0.387 e. The van der Waals surface area contributed by atoms with Crippen LogP contribution in [-0.4, -0.2) is 17.5 Å². The van der Waals surface area contributed by atoms with Crippen molar-refractivity contribution in [2.75, 3.05) is 5.32 Å². The van der Waals surface area contributed by atoms with Crippen molar-refractivity contribution in [3.8, 4) is 5.75 Å². The number of benzene rings is 1. The molecule has 1 N–H and O–H groups in total. The number of aryl methyl sites for hydroxylation is 1. The number of halogens is 3. The van der Waals surface area contributed by atoms with Gasteiger partial charge in [-0.3, -0.25) is 4.79 Å². The van der Waals surface area contributed by atoms with E-state index in [0.29, 0.717) is 11.4 Å². The number of rotatable bonds is 4. The van der Waals surface area contributed by atoms with Crippen molar-refractivity contribution in [2.24, 2.45) is 0 Å². The normalized spacial score (nSPS) is 10.5. The molecule has 1 amide bonds. The summed E-state index contributed by atoms with van der Waals surface area (Å²) in [4.78, 5) is 16.2. The molecule has 0 saturated carbocycles. The zero-order chi connectivity index (χ0) is 15.4. The van der Waals surface area contributed by atoms with Crippen LogP contribution in [0.2, 0.25) is 0 Å². The molecular formula is C14H11BrF2N2O2. The maximum Gasteiger partial charge on any atom is 0.387 e. The van der Waals surface area contributed by atoms with Crippen LogP contribution in [0.25, 0.3) is 0 Å². The van der Waals surface area contributed by atoms with Crippen molar-refractivity contribution < 1.29 is 18.3 Å². The Morgan fingerprint density at radius 1 is 1.24 bits per heavy atom. The van der Waals surface area contributed by atoms with Gasteiger partial charge in [0.15, 0.2) is 0 Å². The molecule has 0 radical (unpaired) electrons. The molecule has 0 bridgehead atoms. The lowest BCUT2D eigenvalue weighted by Crippen LogP contribution is -2.13. The van der Waals surface area contributed by atoms with Crippen molar-refractivity contribution in [1.29, 1.82) is 0 Å². The number of amides is 1. The van der Waals surface area contributed by atoms with Gasteiger partial charge in [-0.05, 0) is 59.3 Å². The number of ether oxygens (including phenoxy) is 1. The first-order valence-electron chi connectivity index (χ1n) is 5.95. The Labute approximate surface area is 128 Å². The minimum atomic E-state index is -2.89. The molecule has 21 heavy (non-hydrogen) atoms. The molecule has 0 unspecified atom stereocenters. The SMILES string of the molecule is Cc1nc(NC(=O)c2ccc(OC(F)F)cc2)ccc1Br. The second-order valence-electron chi connectivity index (χ2n) is 4.12. The van der Waals surface area contributed by atoms with Crippen molar-refractivity contribution in [1.82, 2.24) is 4.98 Å². The number of nitrogens with zero attached hydrogens (tertiary/aromatic N) is 1. The van der Waals surface area contributed by atoms with Crippen LogP contribution in [0.15, 0.2) is 40.9 Å². The highest BCUT2D eigenvalue weighted by atomic mass is 79.9. The fraction of sp³-hybridized carbons (Fsp3) is 0.143. The van der Waals surface area contributed by atoms with Crippen LogP contribution in [0.4, 0.5) is 14.6 Å². The molecule has 7 heteroatoms. The molecule has 110 valence electrons. The van der Waals surface area contributed by atoms with Crippen molar-refractivity contribution in [2.45, 2.75) is 13.5 Å². The molecule has 0 aliphatic heterocycles. The van der Waals surface area contributed by atoms with Crippen LogP contribution >= 0.6 is 15.9 Å². The minimum Gasteiger partial charge on any atom is -0.435 e. The molecule has 2 aromatic rings. The third-order valence-electron chi connectivity index (χ3n) is 2.60. The molecule has 2 rings (SSSR count). The van der Waals surface area contributed by atoms with E-state index in [2.05, 4.69) is 31.0 Å². The molecule has 0 spiro atoms. The monoisotopic (exact) mass is 356 g/mol. The molecule has 0 fully saturated rings. The Morgan fingerprint density at radius 3 is 2.48 bits per heavy atom. The predicted molar refractivity (Wildman–Crippen MR) is 77.7 cm³/mol. The lowest BCUT2D eigenvalue weighted by molar-refractivity contribution is -0.0498. The Morgan fingerprint density at radius 2 is 1.90 bits per heavy atom. The number of anilines is 1. The first-order valence-corrected chi connectivity index (χ1v) is 6.74. The van der Waals surface area contributed by atoms with Crippen LogP contribution in [0.5, 0.6) is 5.75 Å². The first-order chi connectivity index (χ1) is 9.95.